The maximum absolute atomic E-state index is 12.4. The molecule has 21 heavy (non-hydrogen) atoms. The van der Waals surface area contributed by atoms with Crippen molar-refractivity contribution in [3.63, 3.8) is 0 Å². The van der Waals surface area contributed by atoms with Gasteiger partial charge in [0, 0.05) is 12.5 Å². The van der Waals surface area contributed by atoms with Gasteiger partial charge in [-0.3, -0.25) is 5.32 Å². The van der Waals surface area contributed by atoms with Crippen LogP contribution in [0.5, 0.6) is 0 Å². The fourth-order valence-corrected chi connectivity index (χ4v) is 3.08. The highest BCUT2D eigenvalue weighted by Crippen LogP contribution is 2.23. The molecule has 2 amide bonds. The normalized spacial score (nSPS) is 19.3. The fourth-order valence-electron chi connectivity index (χ4n) is 2.34. The summed E-state index contributed by atoms with van der Waals surface area (Å²) in [6.07, 6.45) is 0.945. The Morgan fingerprint density at radius 3 is 2.81 bits per heavy atom. The zero-order valence-corrected chi connectivity index (χ0v) is 13.9. The number of hydrogen-bond acceptors (Lipinski definition) is 5. The summed E-state index contributed by atoms with van der Waals surface area (Å²) in [5, 5.41) is 12.5. The topological polar surface area (TPSA) is 67.3 Å². The smallest absolute Gasteiger partial charge is 0.324 e. The first kappa shape index (κ1) is 16.2. The molecule has 0 aliphatic carbocycles. The Bertz CT molecular complexity index is 475. The van der Waals surface area contributed by atoms with E-state index in [9.17, 15) is 4.79 Å². The summed E-state index contributed by atoms with van der Waals surface area (Å²) in [7, 11) is 0. The molecule has 1 aromatic heterocycles. The number of hydrogen-bond donors (Lipinski definition) is 1. The Hall–Kier alpha value is -1.21. The summed E-state index contributed by atoms with van der Waals surface area (Å²) in [5.74, 6) is 0.853. The molecule has 2 heterocycles. The highest BCUT2D eigenvalue weighted by atomic mass is 32.1. The second-order valence-corrected chi connectivity index (χ2v) is 7.09. The molecule has 1 aliphatic heterocycles. The Kier molecular flexibility index (Phi) is 5.52. The van der Waals surface area contributed by atoms with E-state index in [1.165, 1.54) is 11.3 Å². The van der Waals surface area contributed by atoms with E-state index in [-0.39, 0.29) is 12.1 Å². The van der Waals surface area contributed by atoms with Gasteiger partial charge in [-0.15, -0.1) is 10.2 Å². The van der Waals surface area contributed by atoms with Gasteiger partial charge in [-0.2, -0.15) is 0 Å². The van der Waals surface area contributed by atoms with E-state index < -0.39 is 0 Å². The molecule has 1 N–H and O–H groups in total. The maximum Gasteiger partial charge on any atom is 0.324 e. The summed E-state index contributed by atoms with van der Waals surface area (Å²) in [6.45, 7) is 10.3. The third-order valence-corrected chi connectivity index (χ3v) is 4.52. The van der Waals surface area contributed by atoms with Crippen LogP contribution in [0.3, 0.4) is 0 Å². The third kappa shape index (κ3) is 4.38. The lowest BCUT2D eigenvalue weighted by Crippen LogP contribution is -2.50. The molecule has 7 heteroatoms. The minimum Gasteiger partial charge on any atom is -0.377 e. The number of rotatable bonds is 4. The first-order valence-corrected chi connectivity index (χ1v) is 8.27. The van der Waals surface area contributed by atoms with Gasteiger partial charge in [0.2, 0.25) is 5.13 Å². The standard InChI is InChI=1S/C14H24N4O2S/c1-9(2)7-11-8-20-6-5-18(11)14(19)15-13-17-16-12(21-13)10(3)4/h9-11H,5-8H2,1-4H3,(H,15,17,19). The summed E-state index contributed by atoms with van der Waals surface area (Å²) < 4.78 is 5.50. The number of carbonyl (C=O) groups is 1. The van der Waals surface area contributed by atoms with Crippen molar-refractivity contribution in [3.05, 3.63) is 5.01 Å². The zero-order valence-electron chi connectivity index (χ0n) is 13.1. The Balaban J connectivity index is 1.99. The van der Waals surface area contributed by atoms with Crippen LogP contribution in [0.15, 0.2) is 0 Å². The molecule has 0 spiro atoms. The summed E-state index contributed by atoms with van der Waals surface area (Å²) >= 11 is 1.44. The molecule has 0 radical (unpaired) electrons. The number of aromatic nitrogens is 2. The van der Waals surface area contributed by atoms with Crippen LogP contribution in [0.4, 0.5) is 9.93 Å². The predicted octanol–water partition coefficient (Wildman–Crippen LogP) is 2.94. The number of ether oxygens (including phenoxy) is 1. The van der Waals surface area contributed by atoms with Gasteiger partial charge in [0.05, 0.1) is 19.3 Å². The monoisotopic (exact) mass is 312 g/mol. The van der Waals surface area contributed by atoms with Gasteiger partial charge in [-0.05, 0) is 12.3 Å². The van der Waals surface area contributed by atoms with Crippen molar-refractivity contribution in [2.75, 3.05) is 25.1 Å². The molecule has 1 aromatic rings. The van der Waals surface area contributed by atoms with E-state index in [1.807, 2.05) is 4.90 Å². The zero-order chi connectivity index (χ0) is 15.4. The van der Waals surface area contributed by atoms with Crippen LogP contribution in [0.2, 0.25) is 0 Å². The van der Waals surface area contributed by atoms with Crippen LogP contribution in [-0.2, 0) is 4.74 Å². The molecule has 1 fully saturated rings. The minimum absolute atomic E-state index is 0.101. The van der Waals surface area contributed by atoms with Crippen molar-refractivity contribution < 1.29 is 9.53 Å². The number of anilines is 1. The largest absolute Gasteiger partial charge is 0.377 e. The lowest BCUT2D eigenvalue weighted by molar-refractivity contribution is 0.00857. The Morgan fingerprint density at radius 2 is 2.19 bits per heavy atom. The van der Waals surface area contributed by atoms with Crippen LogP contribution in [0, 0.1) is 5.92 Å². The molecule has 2 rings (SSSR count). The van der Waals surface area contributed by atoms with Crippen LogP contribution in [0.1, 0.15) is 45.0 Å². The van der Waals surface area contributed by atoms with Crippen molar-refractivity contribution >= 4 is 22.5 Å². The van der Waals surface area contributed by atoms with Crippen molar-refractivity contribution in [1.29, 1.82) is 0 Å². The van der Waals surface area contributed by atoms with E-state index in [0.29, 0.717) is 36.7 Å². The summed E-state index contributed by atoms with van der Waals surface area (Å²) in [6, 6.07) is 0.0339. The van der Waals surface area contributed by atoms with Crippen LogP contribution >= 0.6 is 11.3 Å². The van der Waals surface area contributed by atoms with Crippen LogP contribution in [0.25, 0.3) is 0 Å². The number of urea groups is 1. The molecule has 0 saturated carbocycles. The van der Waals surface area contributed by atoms with Crippen LogP contribution < -0.4 is 5.32 Å². The maximum atomic E-state index is 12.4. The molecule has 1 unspecified atom stereocenters. The molecule has 6 nitrogen and oxygen atoms in total. The lowest BCUT2D eigenvalue weighted by atomic mass is 10.0. The second kappa shape index (κ2) is 7.17. The van der Waals surface area contributed by atoms with E-state index in [4.69, 9.17) is 4.74 Å². The molecule has 1 atom stereocenters. The van der Waals surface area contributed by atoms with Gasteiger partial charge >= 0.3 is 6.03 Å². The number of morpholine rings is 1. The van der Waals surface area contributed by atoms with Crippen molar-refractivity contribution in [2.45, 2.75) is 46.1 Å². The quantitative estimate of drug-likeness (QED) is 0.928. The van der Waals surface area contributed by atoms with Crippen molar-refractivity contribution in [2.24, 2.45) is 5.92 Å². The first-order chi connectivity index (χ1) is 9.97. The summed E-state index contributed by atoms with van der Waals surface area (Å²) in [5.41, 5.74) is 0. The number of nitrogens with one attached hydrogen (secondary N) is 1. The average Bonchev–Trinajstić information content (AvgIpc) is 2.87. The number of nitrogens with zero attached hydrogens (tertiary/aromatic N) is 3. The molecule has 1 aliphatic rings. The van der Waals surface area contributed by atoms with Gasteiger partial charge in [0.25, 0.3) is 0 Å². The van der Waals surface area contributed by atoms with Gasteiger partial charge in [-0.1, -0.05) is 39.0 Å². The van der Waals surface area contributed by atoms with Gasteiger partial charge < -0.3 is 9.64 Å². The van der Waals surface area contributed by atoms with E-state index in [0.717, 1.165) is 11.4 Å². The molecule has 0 aromatic carbocycles. The molecule has 0 bridgehead atoms. The minimum atomic E-state index is -0.101. The van der Waals surface area contributed by atoms with Gasteiger partial charge in [0.1, 0.15) is 5.01 Å². The predicted molar refractivity (Wildman–Crippen MR) is 83.8 cm³/mol. The van der Waals surface area contributed by atoms with Crippen molar-refractivity contribution in [3.8, 4) is 0 Å². The number of carbonyl (C=O) groups excluding carboxylic acids is 1. The SMILES string of the molecule is CC(C)CC1COCCN1C(=O)Nc1nnc(C(C)C)s1. The second-order valence-electron chi connectivity index (χ2n) is 6.08. The highest BCUT2D eigenvalue weighted by Gasteiger charge is 2.28. The first-order valence-electron chi connectivity index (χ1n) is 7.46. The molecular formula is C14H24N4O2S. The Morgan fingerprint density at radius 1 is 1.43 bits per heavy atom. The molecule has 1 saturated heterocycles. The van der Waals surface area contributed by atoms with E-state index >= 15 is 0 Å². The average molecular weight is 312 g/mol. The third-order valence-electron chi connectivity index (χ3n) is 3.38. The van der Waals surface area contributed by atoms with E-state index in [2.05, 4.69) is 43.2 Å². The summed E-state index contributed by atoms with van der Waals surface area (Å²) in [4.78, 5) is 14.3. The highest BCUT2D eigenvalue weighted by molar-refractivity contribution is 7.15. The van der Waals surface area contributed by atoms with Gasteiger partial charge in [-0.25, -0.2) is 4.79 Å². The van der Waals surface area contributed by atoms with Crippen LogP contribution in [-0.4, -0.2) is 46.9 Å². The van der Waals surface area contributed by atoms with E-state index in [1.54, 1.807) is 0 Å². The molecular weight excluding hydrogens is 288 g/mol. The Labute approximate surface area is 129 Å². The van der Waals surface area contributed by atoms with Crippen molar-refractivity contribution in [1.82, 2.24) is 15.1 Å². The fraction of sp³-hybridized carbons (Fsp3) is 0.786. The lowest BCUT2D eigenvalue weighted by Gasteiger charge is -2.36. The molecule has 118 valence electrons. The number of amides is 2. The van der Waals surface area contributed by atoms with Gasteiger partial charge in [0.15, 0.2) is 0 Å².